The second-order valence-corrected chi connectivity index (χ2v) is 9.63. The smallest absolute Gasteiger partial charge is 0.234 e. The Bertz CT molecular complexity index is 948. The van der Waals surface area contributed by atoms with Gasteiger partial charge in [0.1, 0.15) is 5.75 Å². The third-order valence-electron chi connectivity index (χ3n) is 3.71. The number of aromatic nitrogens is 2. The Kier molecular flexibility index (Phi) is 7.61. The van der Waals surface area contributed by atoms with Crippen molar-refractivity contribution in [1.29, 1.82) is 0 Å². The highest BCUT2D eigenvalue weighted by molar-refractivity contribution is 8.03. The van der Waals surface area contributed by atoms with Crippen molar-refractivity contribution in [3.05, 3.63) is 58.6 Å². The third-order valence-corrected chi connectivity index (χ3v) is 7.21. The van der Waals surface area contributed by atoms with Gasteiger partial charge in [-0.1, -0.05) is 64.7 Å². The van der Waals surface area contributed by atoms with Crippen LogP contribution in [0.2, 0.25) is 5.02 Å². The van der Waals surface area contributed by atoms with Gasteiger partial charge in [-0.3, -0.25) is 4.79 Å². The molecule has 0 atom stereocenters. The van der Waals surface area contributed by atoms with Gasteiger partial charge in [-0.15, -0.1) is 10.2 Å². The lowest BCUT2D eigenvalue weighted by Crippen LogP contribution is -2.14. The van der Waals surface area contributed by atoms with Gasteiger partial charge in [0, 0.05) is 16.5 Å². The van der Waals surface area contributed by atoms with Crippen molar-refractivity contribution >= 4 is 58.1 Å². The van der Waals surface area contributed by atoms with Crippen molar-refractivity contribution in [1.82, 2.24) is 10.2 Å². The largest absolute Gasteiger partial charge is 0.497 e. The van der Waals surface area contributed by atoms with E-state index in [4.69, 9.17) is 16.3 Å². The van der Waals surface area contributed by atoms with E-state index in [1.54, 1.807) is 31.0 Å². The summed E-state index contributed by atoms with van der Waals surface area (Å²) in [6.07, 6.45) is 0. The number of halogens is 1. The molecule has 0 bridgehead atoms. The number of amides is 1. The van der Waals surface area contributed by atoms with E-state index in [0.29, 0.717) is 5.02 Å². The number of hydrogen-bond acceptors (Lipinski definition) is 7. The summed E-state index contributed by atoms with van der Waals surface area (Å²) in [6.45, 7) is 1.93. The van der Waals surface area contributed by atoms with Crippen LogP contribution in [0.15, 0.2) is 51.1 Å². The molecule has 0 radical (unpaired) electrons. The number of benzene rings is 2. The number of nitrogens with one attached hydrogen (secondary N) is 1. The van der Waals surface area contributed by atoms with Gasteiger partial charge in [0.15, 0.2) is 8.68 Å². The molecule has 0 aliphatic rings. The van der Waals surface area contributed by atoms with Crippen LogP contribution in [0.4, 0.5) is 5.69 Å². The molecule has 5 nitrogen and oxygen atoms in total. The van der Waals surface area contributed by atoms with Gasteiger partial charge < -0.3 is 10.1 Å². The summed E-state index contributed by atoms with van der Waals surface area (Å²) < 4.78 is 6.81. The maximum Gasteiger partial charge on any atom is 0.234 e. The molecule has 3 rings (SSSR count). The highest BCUT2D eigenvalue weighted by Crippen LogP contribution is 2.31. The number of thioether (sulfide) groups is 2. The van der Waals surface area contributed by atoms with Crippen LogP contribution in [-0.2, 0) is 10.5 Å². The molecule has 0 aliphatic heterocycles. The van der Waals surface area contributed by atoms with Gasteiger partial charge in [0.2, 0.25) is 5.91 Å². The Labute approximate surface area is 181 Å². The molecule has 0 saturated carbocycles. The van der Waals surface area contributed by atoms with Gasteiger partial charge in [-0.25, -0.2) is 0 Å². The number of anilines is 1. The molecule has 146 valence electrons. The van der Waals surface area contributed by atoms with E-state index in [2.05, 4.69) is 15.5 Å². The third kappa shape index (κ3) is 6.13. The fourth-order valence-electron chi connectivity index (χ4n) is 2.22. The van der Waals surface area contributed by atoms with E-state index in [-0.39, 0.29) is 11.7 Å². The number of methoxy groups -OCH3 is 1. The zero-order valence-corrected chi connectivity index (χ0v) is 18.5. The number of carbonyl (C=O) groups excluding carboxylic acids is 1. The zero-order valence-electron chi connectivity index (χ0n) is 15.3. The summed E-state index contributed by atoms with van der Waals surface area (Å²) >= 11 is 10.5. The number of ether oxygens (including phenoxy) is 1. The van der Waals surface area contributed by atoms with E-state index in [9.17, 15) is 4.79 Å². The molecule has 0 unspecified atom stereocenters. The molecule has 0 saturated heterocycles. The second-order valence-electron chi connectivity index (χ2n) is 5.77. The first-order valence-corrected chi connectivity index (χ1v) is 11.5. The maximum absolute atomic E-state index is 12.2. The van der Waals surface area contributed by atoms with Gasteiger partial charge in [0.05, 0.1) is 12.9 Å². The predicted octanol–water partition coefficient (Wildman–Crippen LogP) is 5.53. The van der Waals surface area contributed by atoms with Crippen LogP contribution in [0.1, 0.15) is 11.1 Å². The molecular weight excluding hydrogens is 434 g/mol. The van der Waals surface area contributed by atoms with E-state index < -0.39 is 0 Å². The van der Waals surface area contributed by atoms with Crippen molar-refractivity contribution in [3.8, 4) is 5.75 Å². The number of nitrogens with zero attached hydrogens (tertiary/aromatic N) is 2. The average Bonchev–Trinajstić information content (AvgIpc) is 3.16. The van der Waals surface area contributed by atoms with E-state index >= 15 is 0 Å². The van der Waals surface area contributed by atoms with Crippen molar-refractivity contribution < 1.29 is 9.53 Å². The summed E-state index contributed by atoms with van der Waals surface area (Å²) in [5.41, 5.74) is 2.88. The van der Waals surface area contributed by atoms with E-state index in [1.807, 2.05) is 37.3 Å². The second kappa shape index (κ2) is 10.2. The number of aryl methyl sites for hydroxylation is 1. The highest BCUT2D eigenvalue weighted by atomic mass is 35.5. The summed E-state index contributed by atoms with van der Waals surface area (Å²) in [5.74, 6) is 1.81. The molecule has 1 heterocycles. The van der Waals surface area contributed by atoms with Crippen LogP contribution in [0.3, 0.4) is 0 Å². The predicted molar refractivity (Wildman–Crippen MR) is 118 cm³/mol. The van der Waals surface area contributed by atoms with Gasteiger partial charge in [-0.2, -0.15) is 0 Å². The fourth-order valence-corrected chi connectivity index (χ4v) is 5.17. The molecule has 2 aromatic carbocycles. The van der Waals surface area contributed by atoms with E-state index in [0.717, 1.165) is 31.4 Å². The van der Waals surface area contributed by atoms with Crippen LogP contribution in [0.5, 0.6) is 5.75 Å². The van der Waals surface area contributed by atoms with Crippen LogP contribution in [0, 0.1) is 6.92 Å². The summed E-state index contributed by atoms with van der Waals surface area (Å²) in [4.78, 5) is 12.2. The minimum absolute atomic E-state index is 0.0991. The summed E-state index contributed by atoms with van der Waals surface area (Å²) in [6, 6.07) is 13.4. The number of rotatable bonds is 8. The Morgan fingerprint density at radius 3 is 2.57 bits per heavy atom. The van der Waals surface area contributed by atoms with Crippen molar-refractivity contribution in [3.63, 3.8) is 0 Å². The molecule has 28 heavy (non-hydrogen) atoms. The normalized spacial score (nSPS) is 10.7. The van der Waals surface area contributed by atoms with E-state index in [1.165, 1.54) is 28.7 Å². The fraction of sp³-hybridized carbons (Fsp3) is 0.211. The first-order valence-electron chi connectivity index (χ1n) is 8.31. The van der Waals surface area contributed by atoms with Crippen LogP contribution < -0.4 is 10.1 Å². The molecule has 1 amide bonds. The van der Waals surface area contributed by atoms with Gasteiger partial charge in [-0.05, 0) is 42.3 Å². The van der Waals surface area contributed by atoms with Crippen molar-refractivity contribution in [2.75, 3.05) is 18.2 Å². The van der Waals surface area contributed by atoms with Gasteiger partial charge >= 0.3 is 0 Å². The monoisotopic (exact) mass is 451 g/mol. The lowest BCUT2D eigenvalue weighted by molar-refractivity contribution is -0.113. The Balaban J connectivity index is 1.47. The number of hydrogen-bond donors (Lipinski definition) is 1. The first-order chi connectivity index (χ1) is 13.5. The molecule has 1 aromatic heterocycles. The average molecular weight is 452 g/mol. The molecule has 1 N–H and O–H groups in total. The van der Waals surface area contributed by atoms with Crippen molar-refractivity contribution in [2.24, 2.45) is 0 Å². The Hall–Kier alpha value is -1.74. The molecule has 3 aromatic rings. The Morgan fingerprint density at radius 2 is 1.86 bits per heavy atom. The molecule has 0 fully saturated rings. The zero-order chi connectivity index (χ0) is 19.9. The Morgan fingerprint density at radius 1 is 1.14 bits per heavy atom. The van der Waals surface area contributed by atoms with Gasteiger partial charge in [0.25, 0.3) is 0 Å². The highest BCUT2D eigenvalue weighted by Gasteiger charge is 2.10. The molecule has 9 heteroatoms. The summed E-state index contributed by atoms with van der Waals surface area (Å²) in [7, 11) is 1.65. The van der Waals surface area contributed by atoms with Crippen molar-refractivity contribution in [2.45, 2.75) is 21.4 Å². The molecule has 0 spiro atoms. The standard InChI is InChI=1S/C19H18ClN3O2S3/c1-12-3-6-14(20)9-16(12)21-17(24)11-27-19-23-22-18(28-19)26-10-13-4-7-15(25-2)8-5-13/h3-9H,10-11H2,1-2H3,(H,21,24). The van der Waals surface area contributed by atoms with Crippen LogP contribution in [-0.4, -0.2) is 29.0 Å². The first kappa shape index (κ1) is 21.0. The molecular formula is C19H18ClN3O2S3. The quantitative estimate of drug-likeness (QED) is 0.454. The topological polar surface area (TPSA) is 64.1 Å². The lowest BCUT2D eigenvalue weighted by Gasteiger charge is -2.07. The maximum atomic E-state index is 12.2. The minimum atomic E-state index is -0.0991. The summed E-state index contributed by atoms with van der Waals surface area (Å²) in [5, 5.41) is 11.8. The number of carbonyl (C=O) groups is 1. The lowest BCUT2D eigenvalue weighted by atomic mass is 10.2. The van der Waals surface area contributed by atoms with Crippen LogP contribution in [0.25, 0.3) is 0 Å². The minimum Gasteiger partial charge on any atom is -0.497 e. The van der Waals surface area contributed by atoms with Crippen LogP contribution >= 0.6 is 46.5 Å². The SMILES string of the molecule is COc1ccc(CSc2nnc(SCC(=O)Nc3cc(Cl)ccc3C)s2)cc1. The molecule has 0 aliphatic carbocycles.